The summed E-state index contributed by atoms with van der Waals surface area (Å²) >= 11 is 3.29. The maximum atomic E-state index is 13.9. The van der Waals surface area contributed by atoms with Gasteiger partial charge in [0.15, 0.2) is 5.78 Å². The molecule has 102 valence electrons. The van der Waals surface area contributed by atoms with E-state index in [9.17, 15) is 9.18 Å². The predicted molar refractivity (Wildman–Crippen MR) is 80.7 cm³/mol. The predicted octanol–water partition coefficient (Wildman–Crippen LogP) is 4.37. The van der Waals surface area contributed by atoms with Crippen LogP contribution < -0.4 is 5.32 Å². The third-order valence-electron chi connectivity index (χ3n) is 3.60. The van der Waals surface area contributed by atoms with Crippen molar-refractivity contribution in [2.24, 2.45) is 0 Å². The molecule has 0 bridgehead atoms. The van der Waals surface area contributed by atoms with Gasteiger partial charge in [0.2, 0.25) is 0 Å². The molecule has 1 atom stereocenters. The largest absolute Gasteiger partial charge is 0.385 e. The summed E-state index contributed by atoms with van der Waals surface area (Å²) in [5, 5.41) is 3.27. The van der Waals surface area contributed by atoms with Gasteiger partial charge in [-0.2, -0.15) is 0 Å². The Labute approximate surface area is 125 Å². The van der Waals surface area contributed by atoms with Crippen LogP contribution >= 0.6 is 15.9 Å². The molecule has 20 heavy (non-hydrogen) atoms. The summed E-state index contributed by atoms with van der Waals surface area (Å²) in [6, 6.07) is 12.2. The first kappa shape index (κ1) is 13.3. The van der Waals surface area contributed by atoms with Gasteiger partial charge in [0.25, 0.3) is 0 Å². The zero-order valence-electron chi connectivity index (χ0n) is 10.7. The van der Waals surface area contributed by atoms with Gasteiger partial charge in [0.05, 0.1) is 11.5 Å². The molecular weight excluding hydrogens is 321 g/mol. The Morgan fingerprint density at radius 1 is 1.25 bits per heavy atom. The Kier molecular flexibility index (Phi) is 3.57. The van der Waals surface area contributed by atoms with Crippen LogP contribution in [0.25, 0.3) is 0 Å². The number of halogens is 2. The molecule has 0 spiro atoms. The van der Waals surface area contributed by atoms with Crippen LogP contribution in [0.2, 0.25) is 0 Å². The standard InChI is InChI=1S/C16H13BrFNO/c17-10-5-6-14(18)13(9-10)16(20)12-7-8-19-15-4-2-1-3-11(12)15/h1-6,9,12,19H,7-8H2. The average molecular weight is 334 g/mol. The number of carbonyl (C=O) groups excluding carboxylic acids is 1. The molecule has 1 unspecified atom stereocenters. The Balaban J connectivity index is 2.02. The normalized spacial score (nSPS) is 17.2. The Morgan fingerprint density at radius 3 is 2.90 bits per heavy atom. The Hall–Kier alpha value is -1.68. The first-order valence-corrected chi connectivity index (χ1v) is 7.28. The summed E-state index contributed by atoms with van der Waals surface area (Å²) in [4.78, 5) is 12.6. The number of benzene rings is 2. The highest BCUT2D eigenvalue weighted by Gasteiger charge is 2.28. The summed E-state index contributed by atoms with van der Waals surface area (Å²) < 4.78 is 14.6. The average Bonchev–Trinajstić information content (AvgIpc) is 2.48. The lowest BCUT2D eigenvalue weighted by molar-refractivity contribution is 0.0951. The number of fused-ring (bicyclic) bond motifs is 1. The Morgan fingerprint density at radius 2 is 2.05 bits per heavy atom. The molecule has 3 rings (SSSR count). The van der Waals surface area contributed by atoms with Gasteiger partial charge >= 0.3 is 0 Å². The van der Waals surface area contributed by atoms with Gasteiger partial charge in [-0.3, -0.25) is 4.79 Å². The zero-order chi connectivity index (χ0) is 14.1. The minimum atomic E-state index is -0.464. The minimum absolute atomic E-state index is 0.154. The fraction of sp³-hybridized carbons (Fsp3) is 0.188. The van der Waals surface area contributed by atoms with E-state index in [1.807, 2.05) is 24.3 Å². The second-order valence-electron chi connectivity index (χ2n) is 4.84. The SMILES string of the molecule is O=C(c1cc(Br)ccc1F)C1CCNc2ccccc21. The van der Waals surface area contributed by atoms with E-state index in [-0.39, 0.29) is 17.3 Å². The number of para-hydroxylation sites is 1. The van der Waals surface area contributed by atoms with Gasteiger partial charge in [0.1, 0.15) is 5.82 Å². The molecule has 2 aromatic rings. The lowest BCUT2D eigenvalue weighted by atomic mass is 9.85. The van der Waals surface area contributed by atoms with E-state index in [1.54, 1.807) is 12.1 Å². The maximum absolute atomic E-state index is 13.9. The van der Waals surface area contributed by atoms with Crippen molar-refractivity contribution in [3.63, 3.8) is 0 Å². The molecule has 0 saturated heterocycles. The molecule has 1 aliphatic rings. The molecular formula is C16H13BrFNO. The van der Waals surface area contributed by atoms with Crippen LogP contribution in [-0.2, 0) is 0 Å². The minimum Gasteiger partial charge on any atom is -0.385 e. The van der Waals surface area contributed by atoms with Gasteiger partial charge in [0, 0.05) is 16.7 Å². The molecule has 0 radical (unpaired) electrons. The highest BCUT2D eigenvalue weighted by Crippen LogP contribution is 2.34. The second kappa shape index (κ2) is 5.37. The number of rotatable bonds is 2. The lowest BCUT2D eigenvalue weighted by Crippen LogP contribution is -2.23. The molecule has 2 aromatic carbocycles. The summed E-state index contributed by atoms with van der Waals surface area (Å²) in [7, 11) is 0. The molecule has 4 heteroatoms. The van der Waals surface area contributed by atoms with Gasteiger partial charge in [-0.1, -0.05) is 34.1 Å². The van der Waals surface area contributed by atoms with Gasteiger partial charge in [-0.25, -0.2) is 4.39 Å². The van der Waals surface area contributed by atoms with Crippen LogP contribution in [0, 0.1) is 5.82 Å². The van der Waals surface area contributed by atoms with Crippen molar-refractivity contribution >= 4 is 27.4 Å². The van der Waals surface area contributed by atoms with E-state index in [0.717, 1.165) is 17.8 Å². The van der Waals surface area contributed by atoms with Crippen LogP contribution in [-0.4, -0.2) is 12.3 Å². The lowest BCUT2D eigenvalue weighted by Gasteiger charge is -2.25. The zero-order valence-corrected chi connectivity index (χ0v) is 12.3. The third-order valence-corrected chi connectivity index (χ3v) is 4.09. The summed E-state index contributed by atoms with van der Waals surface area (Å²) in [6.07, 6.45) is 0.682. The number of ketones is 1. The number of carbonyl (C=O) groups is 1. The highest BCUT2D eigenvalue weighted by atomic mass is 79.9. The van der Waals surface area contributed by atoms with Crippen molar-refractivity contribution in [1.29, 1.82) is 0 Å². The smallest absolute Gasteiger partial charge is 0.173 e. The van der Waals surface area contributed by atoms with Crippen molar-refractivity contribution in [3.05, 3.63) is 63.9 Å². The summed E-state index contributed by atoms with van der Waals surface area (Å²) in [6.45, 7) is 0.725. The van der Waals surface area contributed by atoms with Crippen molar-refractivity contribution in [1.82, 2.24) is 0 Å². The van der Waals surface area contributed by atoms with Gasteiger partial charge in [-0.05, 0) is 36.2 Å². The highest BCUT2D eigenvalue weighted by molar-refractivity contribution is 9.10. The maximum Gasteiger partial charge on any atom is 0.173 e. The van der Waals surface area contributed by atoms with Crippen molar-refractivity contribution in [3.8, 4) is 0 Å². The molecule has 1 N–H and O–H groups in total. The van der Waals surface area contributed by atoms with E-state index in [0.29, 0.717) is 10.9 Å². The van der Waals surface area contributed by atoms with E-state index in [2.05, 4.69) is 21.2 Å². The molecule has 0 aliphatic carbocycles. The van der Waals surface area contributed by atoms with E-state index in [4.69, 9.17) is 0 Å². The molecule has 1 heterocycles. The fourth-order valence-corrected chi connectivity index (χ4v) is 2.98. The second-order valence-corrected chi connectivity index (χ2v) is 5.76. The van der Waals surface area contributed by atoms with Crippen LogP contribution in [0.5, 0.6) is 0 Å². The van der Waals surface area contributed by atoms with Crippen LogP contribution in [0.4, 0.5) is 10.1 Å². The first-order chi connectivity index (χ1) is 9.66. The molecule has 1 aliphatic heterocycles. The first-order valence-electron chi connectivity index (χ1n) is 6.49. The van der Waals surface area contributed by atoms with E-state index in [1.165, 1.54) is 6.07 Å². The molecule has 0 fully saturated rings. The molecule has 0 saturated carbocycles. The number of anilines is 1. The number of Topliss-reactive ketones (excluding diaryl/α,β-unsaturated/α-hetero) is 1. The van der Waals surface area contributed by atoms with Crippen LogP contribution in [0.1, 0.15) is 28.3 Å². The summed E-state index contributed by atoms with van der Waals surface area (Å²) in [5.41, 5.74) is 2.07. The quantitative estimate of drug-likeness (QED) is 0.827. The monoisotopic (exact) mass is 333 g/mol. The van der Waals surface area contributed by atoms with Crippen molar-refractivity contribution in [2.45, 2.75) is 12.3 Å². The Bertz CT molecular complexity index is 671. The number of hydrogen-bond donors (Lipinski definition) is 1. The van der Waals surface area contributed by atoms with Gasteiger partial charge < -0.3 is 5.32 Å². The van der Waals surface area contributed by atoms with Gasteiger partial charge in [-0.15, -0.1) is 0 Å². The fourth-order valence-electron chi connectivity index (χ4n) is 2.61. The topological polar surface area (TPSA) is 29.1 Å². The summed E-state index contributed by atoms with van der Waals surface area (Å²) in [5.74, 6) is -0.900. The number of hydrogen-bond acceptors (Lipinski definition) is 2. The van der Waals surface area contributed by atoms with Crippen LogP contribution in [0.15, 0.2) is 46.9 Å². The molecule has 0 aromatic heterocycles. The van der Waals surface area contributed by atoms with E-state index < -0.39 is 5.82 Å². The number of nitrogens with one attached hydrogen (secondary N) is 1. The van der Waals surface area contributed by atoms with E-state index >= 15 is 0 Å². The molecule has 0 amide bonds. The van der Waals surface area contributed by atoms with Crippen molar-refractivity contribution in [2.75, 3.05) is 11.9 Å². The van der Waals surface area contributed by atoms with Crippen molar-refractivity contribution < 1.29 is 9.18 Å². The molecule has 2 nitrogen and oxygen atoms in total. The third kappa shape index (κ3) is 2.36. The van der Waals surface area contributed by atoms with Crippen LogP contribution in [0.3, 0.4) is 0 Å².